The Labute approximate surface area is 160 Å². The van der Waals surface area contributed by atoms with E-state index in [9.17, 15) is 4.79 Å². The summed E-state index contributed by atoms with van der Waals surface area (Å²) in [6, 6.07) is 10.2. The molecule has 0 spiro atoms. The first-order chi connectivity index (χ1) is 12.6. The summed E-state index contributed by atoms with van der Waals surface area (Å²) in [6.45, 7) is 5.74. The van der Waals surface area contributed by atoms with Crippen LogP contribution in [0.25, 0.3) is 0 Å². The van der Waals surface area contributed by atoms with Gasteiger partial charge in [0.15, 0.2) is 6.61 Å². The summed E-state index contributed by atoms with van der Waals surface area (Å²) in [6.07, 6.45) is 3.44. The maximum absolute atomic E-state index is 12.3. The van der Waals surface area contributed by atoms with Crippen LogP contribution in [0.3, 0.4) is 0 Å². The van der Waals surface area contributed by atoms with Crippen LogP contribution in [0.1, 0.15) is 35.3 Å². The summed E-state index contributed by atoms with van der Waals surface area (Å²) < 4.78 is 5.90. The van der Waals surface area contributed by atoms with Crippen molar-refractivity contribution in [1.82, 2.24) is 9.80 Å². The summed E-state index contributed by atoms with van der Waals surface area (Å²) >= 11 is 1.80. The van der Waals surface area contributed by atoms with Crippen LogP contribution in [0.2, 0.25) is 0 Å². The standard InChI is InChI=1S/C21H28N2O2S/c1-17-10-13-26-20(17)15-22(2)14-18-8-4-5-9-19(18)25-16-21(24)23-11-6-3-7-12-23/h4-5,8-10,13H,3,6-7,11-12,14-16H2,1-2H3. The predicted octanol–water partition coefficient (Wildman–Crippen LogP) is 4.08. The van der Waals surface area contributed by atoms with Crippen molar-refractivity contribution < 1.29 is 9.53 Å². The molecule has 0 aliphatic carbocycles. The van der Waals surface area contributed by atoms with Crippen LogP contribution < -0.4 is 4.74 Å². The highest BCUT2D eigenvalue weighted by atomic mass is 32.1. The molecular formula is C21H28N2O2S. The maximum atomic E-state index is 12.3. The van der Waals surface area contributed by atoms with Gasteiger partial charge in [0.1, 0.15) is 5.75 Å². The van der Waals surface area contributed by atoms with Gasteiger partial charge in [-0.3, -0.25) is 9.69 Å². The van der Waals surface area contributed by atoms with E-state index in [1.807, 2.05) is 23.1 Å². The first kappa shape index (κ1) is 18.9. The van der Waals surface area contributed by atoms with E-state index in [1.165, 1.54) is 16.9 Å². The molecule has 0 saturated carbocycles. The van der Waals surface area contributed by atoms with Crippen LogP contribution in [0.15, 0.2) is 35.7 Å². The minimum atomic E-state index is 0.0991. The fraction of sp³-hybridized carbons (Fsp3) is 0.476. The quantitative estimate of drug-likeness (QED) is 0.734. The van der Waals surface area contributed by atoms with E-state index < -0.39 is 0 Å². The molecule has 1 aliphatic rings. The lowest BCUT2D eigenvalue weighted by Gasteiger charge is -2.27. The zero-order valence-corrected chi connectivity index (χ0v) is 16.6. The largest absolute Gasteiger partial charge is 0.483 e. The number of thiophene rings is 1. The smallest absolute Gasteiger partial charge is 0.260 e. The summed E-state index contributed by atoms with van der Waals surface area (Å²) in [7, 11) is 2.12. The molecule has 0 radical (unpaired) electrons. The number of ether oxygens (including phenoxy) is 1. The third-order valence-corrected chi connectivity index (χ3v) is 5.86. The molecule has 1 aromatic heterocycles. The Kier molecular flexibility index (Phi) is 6.69. The summed E-state index contributed by atoms with van der Waals surface area (Å²) in [5.41, 5.74) is 2.47. The normalized spacial score (nSPS) is 14.7. The van der Waals surface area contributed by atoms with Crippen LogP contribution in [0.5, 0.6) is 5.75 Å². The molecule has 4 nitrogen and oxygen atoms in total. The van der Waals surface area contributed by atoms with Gasteiger partial charge in [0.2, 0.25) is 0 Å². The van der Waals surface area contributed by atoms with E-state index in [-0.39, 0.29) is 12.5 Å². The van der Waals surface area contributed by atoms with Crippen molar-refractivity contribution in [3.05, 3.63) is 51.7 Å². The van der Waals surface area contributed by atoms with Crippen LogP contribution in [0, 0.1) is 6.92 Å². The SMILES string of the molecule is Cc1ccsc1CN(C)Cc1ccccc1OCC(=O)N1CCCCC1. The van der Waals surface area contributed by atoms with Gasteiger partial charge in [-0.2, -0.15) is 0 Å². The second-order valence-electron chi connectivity index (χ2n) is 7.04. The molecule has 5 heteroatoms. The molecule has 1 saturated heterocycles. The molecule has 0 N–H and O–H groups in total. The molecule has 2 heterocycles. The highest BCUT2D eigenvalue weighted by Crippen LogP contribution is 2.22. The number of nitrogens with zero attached hydrogens (tertiary/aromatic N) is 2. The molecule has 1 fully saturated rings. The number of amides is 1. The Hall–Kier alpha value is -1.85. The van der Waals surface area contributed by atoms with E-state index in [4.69, 9.17) is 4.74 Å². The number of carbonyl (C=O) groups is 1. The number of aryl methyl sites for hydroxylation is 1. The molecule has 26 heavy (non-hydrogen) atoms. The Morgan fingerprint density at radius 1 is 1.15 bits per heavy atom. The van der Waals surface area contributed by atoms with Crippen molar-refractivity contribution in [1.29, 1.82) is 0 Å². The molecule has 3 rings (SSSR count). The topological polar surface area (TPSA) is 32.8 Å². The number of piperidine rings is 1. The third kappa shape index (κ3) is 5.08. The maximum Gasteiger partial charge on any atom is 0.260 e. The van der Waals surface area contributed by atoms with Gasteiger partial charge in [-0.05, 0) is 56.3 Å². The Morgan fingerprint density at radius 2 is 1.92 bits per heavy atom. The van der Waals surface area contributed by atoms with Gasteiger partial charge < -0.3 is 9.64 Å². The molecule has 1 aromatic carbocycles. The van der Waals surface area contributed by atoms with Crippen LogP contribution in [-0.4, -0.2) is 42.5 Å². The monoisotopic (exact) mass is 372 g/mol. The van der Waals surface area contributed by atoms with Gasteiger partial charge in [-0.15, -0.1) is 11.3 Å². The van der Waals surface area contributed by atoms with E-state index in [2.05, 4.69) is 36.4 Å². The second-order valence-corrected chi connectivity index (χ2v) is 8.04. The van der Waals surface area contributed by atoms with Crippen LogP contribution >= 0.6 is 11.3 Å². The summed E-state index contributed by atoms with van der Waals surface area (Å²) in [5, 5.41) is 2.14. The summed E-state index contributed by atoms with van der Waals surface area (Å²) in [5.74, 6) is 0.912. The average molecular weight is 373 g/mol. The molecule has 1 amide bonds. The van der Waals surface area contributed by atoms with Gasteiger partial charge in [-0.1, -0.05) is 18.2 Å². The fourth-order valence-electron chi connectivity index (χ4n) is 3.31. The van der Waals surface area contributed by atoms with Gasteiger partial charge in [-0.25, -0.2) is 0 Å². The molecule has 0 atom stereocenters. The number of hydrogen-bond donors (Lipinski definition) is 0. The molecule has 0 unspecified atom stereocenters. The lowest BCUT2D eigenvalue weighted by molar-refractivity contribution is -0.134. The van der Waals surface area contributed by atoms with Gasteiger partial charge in [0.25, 0.3) is 5.91 Å². The second kappa shape index (κ2) is 9.19. The number of likely N-dealkylation sites (tertiary alicyclic amines) is 1. The molecule has 0 bridgehead atoms. The van der Waals surface area contributed by atoms with Gasteiger partial charge in [0, 0.05) is 36.6 Å². The van der Waals surface area contributed by atoms with Crippen LogP contribution in [-0.2, 0) is 17.9 Å². The number of carbonyl (C=O) groups excluding carboxylic acids is 1. The lowest BCUT2D eigenvalue weighted by atomic mass is 10.1. The zero-order valence-electron chi connectivity index (χ0n) is 15.7. The Balaban J connectivity index is 1.57. The van der Waals surface area contributed by atoms with Crippen molar-refractivity contribution in [3.8, 4) is 5.75 Å². The average Bonchev–Trinajstić information content (AvgIpc) is 3.06. The lowest BCUT2D eigenvalue weighted by Crippen LogP contribution is -2.38. The molecular weight excluding hydrogens is 344 g/mol. The summed E-state index contributed by atoms with van der Waals surface area (Å²) in [4.78, 5) is 18.0. The predicted molar refractivity (Wildman–Crippen MR) is 107 cm³/mol. The third-order valence-electron chi connectivity index (χ3n) is 4.85. The minimum absolute atomic E-state index is 0.0991. The molecule has 2 aromatic rings. The van der Waals surface area contributed by atoms with E-state index >= 15 is 0 Å². The molecule has 1 aliphatic heterocycles. The zero-order chi connectivity index (χ0) is 18.4. The van der Waals surface area contributed by atoms with Gasteiger partial charge >= 0.3 is 0 Å². The van der Waals surface area contributed by atoms with Crippen molar-refractivity contribution in [2.45, 2.75) is 39.3 Å². The van der Waals surface area contributed by atoms with E-state index in [0.29, 0.717) is 0 Å². The Morgan fingerprint density at radius 3 is 2.65 bits per heavy atom. The van der Waals surface area contributed by atoms with E-state index in [1.54, 1.807) is 11.3 Å². The van der Waals surface area contributed by atoms with E-state index in [0.717, 1.165) is 50.3 Å². The first-order valence-electron chi connectivity index (χ1n) is 9.33. The highest BCUT2D eigenvalue weighted by molar-refractivity contribution is 7.10. The minimum Gasteiger partial charge on any atom is -0.483 e. The van der Waals surface area contributed by atoms with Crippen molar-refractivity contribution in [2.75, 3.05) is 26.7 Å². The van der Waals surface area contributed by atoms with Crippen LogP contribution in [0.4, 0.5) is 0 Å². The first-order valence-corrected chi connectivity index (χ1v) is 10.2. The fourth-order valence-corrected chi connectivity index (χ4v) is 4.29. The highest BCUT2D eigenvalue weighted by Gasteiger charge is 2.17. The number of benzene rings is 1. The molecule has 140 valence electrons. The number of hydrogen-bond acceptors (Lipinski definition) is 4. The number of rotatable bonds is 7. The van der Waals surface area contributed by atoms with Crippen molar-refractivity contribution in [2.24, 2.45) is 0 Å². The number of para-hydroxylation sites is 1. The van der Waals surface area contributed by atoms with Crippen molar-refractivity contribution >= 4 is 17.2 Å². The Bertz CT molecular complexity index is 722. The van der Waals surface area contributed by atoms with Gasteiger partial charge in [0.05, 0.1) is 0 Å². The van der Waals surface area contributed by atoms with Crippen molar-refractivity contribution in [3.63, 3.8) is 0 Å².